The average molecular weight is 436 g/mol. The standard InChI is InChI=1S/C20H24N2O7S/c1-4-22(5-2)14-6-7-15-13(8-18(24)29-17(15)9-14)10-28-20(27)30-11-16(19(25)26)21-12(3)23/h6-9,16H,4-5,10-11H2,1-3H3,(H,21,23)(H,25,26)/t16-/m0/s1. The first-order valence-corrected chi connectivity index (χ1v) is 10.3. The predicted octanol–water partition coefficient (Wildman–Crippen LogP) is 2.60. The molecule has 0 saturated carbocycles. The lowest BCUT2D eigenvalue weighted by atomic mass is 10.1. The minimum absolute atomic E-state index is 0.170. The van der Waals surface area contributed by atoms with E-state index in [0.29, 0.717) is 28.3 Å². The first kappa shape index (κ1) is 23.3. The number of hydrogen-bond acceptors (Lipinski definition) is 8. The van der Waals surface area contributed by atoms with Crippen molar-refractivity contribution in [2.75, 3.05) is 23.7 Å². The first-order valence-electron chi connectivity index (χ1n) is 9.36. The molecule has 0 saturated heterocycles. The van der Waals surface area contributed by atoms with Gasteiger partial charge in [-0.1, -0.05) is 0 Å². The van der Waals surface area contributed by atoms with Gasteiger partial charge < -0.3 is 24.5 Å². The minimum atomic E-state index is -1.25. The molecule has 10 heteroatoms. The van der Waals surface area contributed by atoms with Crippen molar-refractivity contribution >= 4 is 45.6 Å². The van der Waals surface area contributed by atoms with E-state index in [9.17, 15) is 19.2 Å². The molecule has 9 nitrogen and oxygen atoms in total. The molecule has 2 N–H and O–H groups in total. The number of fused-ring (bicyclic) bond motifs is 1. The van der Waals surface area contributed by atoms with E-state index in [1.165, 1.54) is 13.0 Å². The summed E-state index contributed by atoms with van der Waals surface area (Å²) in [6.07, 6.45) is 0. The highest BCUT2D eigenvalue weighted by atomic mass is 32.2. The average Bonchev–Trinajstić information content (AvgIpc) is 2.69. The Balaban J connectivity index is 2.10. The molecule has 2 rings (SSSR count). The number of nitrogens with zero attached hydrogens (tertiary/aromatic N) is 1. The van der Waals surface area contributed by atoms with Crippen molar-refractivity contribution in [3.8, 4) is 0 Å². The third kappa shape index (κ3) is 6.24. The van der Waals surface area contributed by atoms with Gasteiger partial charge in [0.2, 0.25) is 5.91 Å². The summed E-state index contributed by atoms with van der Waals surface area (Å²) in [7, 11) is 0. The minimum Gasteiger partial charge on any atom is -0.480 e. The number of anilines is 1. The number of carboxylic acids is 1. The number of nitrogens with one attached hydrogen (secondary N) is 1. The maximum atomic E-state index is 12.0. The monoisotopic (exact) mass is 436 g/mol. The molecular weight excluding hydrogens is 412 g/mol. The maximum absolute atomic E-state index is 12.0. The second kappa shape index (κ2) is 10.7. The molecule has 0 bridgehead atoms. The summed E-state index contributed by atoms with van der Waals surface area (Å²) in [5.74, 6) is -1.94. The zero-order valence-electron chi connectivity index (χ0n) is 17.0. The predicted molar refractivity (Wildman–Crippen MR) is 114 cm³/mol. The van der Waals surface area contributed by atoms with Gasteiger partial charge in [0, 0.05) is 54.5 Å². The summed E-state index contributed by atoms with van der Waals surface area (Å²) in [6.45, 7) is 6.68. The van der Waals surface area contributed by atoms with Crippen LogP contribution in [0.4, 0.5) is 10.5 Å². The molecule has 1 heterocycles. The van der Waals surface area contributed by atoms with Crippen LogP contribution in [0.5, 0.6) is 0 Å². The molecule has 0 unspecified atom stereocenters. The topological polar surface area (TPSA) is 126 Å². The van der Waals surface area contributed by atoms with Crippen molar-refractivity contribution < 1.29 is 28.6 Å². The zero-order chi connectivity index (χ0) is 22.3. The number of thioether (sulfide) groups is 1. The summed E-state index contributed by atoms with van der Waals surface area (Å²) in [6, 6.07) is 5.53. The second-order valence-electron chi connectivity index (χ2n) is 6.38. The van der Waals surface area contributed by atoms with Crippen molar-refractivity contribution in [2.45, 2.75) is 33.4 Å². The Morgan fingerprint density at radius 2 is 1.93 bits per heavy atom. The highest BCUT2D eigenvalue weighted by Crippen LogP contribution is 2.24. The molecular formula is C20H24N2O7S. The van der Waals surface area contributed by atoms with Gasteiger partial charge in [0.25, 0.3) is 0 Å². The van der Waals surface area contributed by atoms with Crippen LogP contribution in [-0.2, 0) is 20.9 Å². The van der Waals surface area contributed by atoms with Crippen molar-refractivity contribution in [1.82, 2.24) is 5.32 Å². The Morgan fingerprint density at radius 1 is 1.23 bits per heavy atom. The van der Waals surface area contributed by atoms with Gasteiger partial charge in [-0.3, -0.25) is 4.79 Å². The van der Waals surface area contributed by atoms with Crippen LogP contribution in [0.2, 0.25) is 0 Å². The van der Waals surface area contributed by atoms with Crippen LogP contribution in [0.25, 0.3) is 11.0 Å². The van der Waals surface area contributed by atoms with E-state index >= 15 is 0 Å². The van der Waals surface area contributed by atoms with Crippen molar-refractivity contribution in [1.29, 1.82) is 0 Å². The summed E-state index contributed by atoms with van der Waals surface area (Å²) in [5, 5.41) is 11.2. The molecule has 0 radical (unpaired) electrons. The molecule has 162 valence electrons. The van der Waals surface area contributed by atoms with Crippen molar-refractivity contribution in [3.05, 3.63) is 40.2 Å². The van der Waals surface area contributed by atoms with Crippen LogP contribution < -0.4 is 15.8 Å². The number of benzene rings is 1. The third-order valence-electron chi connectivity index (χ3n) is 4.33. The number of carbonyl (C=O) groups excluding carboxylic acids is 2. The molecule has 1 aromatic heterocycles. The molecule has 2 aromatic rings. The summed E-state index contributed by atoms with van der Waals surface area (Å²) in [5.41, 5.74) is 1.23. The number of carboxylic acid groups (broad SMARTS) is 1. The Hall–Kier alpha value is -3.01. The van der Waals surface area contributed by atoms with Gasteiger partial charge in [-0.15, -0.1) is 0 Å². The highest BCUT2D eigenvalue weighted by molar-refractivity contribution is 8.13. The SMILES string of the molecule is CCN(CC)c1ccc2c(COC(=O)SC[C@H](NC(C)=O)C(=O)O)cc(=O)oc2c1. The lowest BCUT2D eigenvalue weighted by Gasteiger charge is -2.21. The van der Waals surface area contributed by atoms with Crippen LogP contribution in [0.1, 0.15) is 26.3 Å². The van der Waals surface area contributed by atoms with E-state index in [1.54, 1.807) is 12.1 Å². The van der Waals surface area contributed by atoms with E-state index < -0.39 is 28.8 Å². The molecule has 1 amide bonds. The van der Waals surface area contributed by atoms with E-state index in [1.807, 2.05) is 19.9 Å². The van der Waals surface area contributed by atoms with Gasteiger partial charge in [-0.25, -0.2) is 14.4 Å². The number of ether oxygens (including phenoxy) is 1. The van der Waals surface area contributed by atoms with E-state index in [2.05, 4.69) is 10.2 Å². The first-order chi connectivity index (χ1) is 14.2. The Bertz CT molecular complexity index is 985. The van der Waals surface area contributed by atoms with Gasteiger partial charge in [-0.05, 0) is 37.7 Å². The van der Waals surface area contributed by atoms with Gasteiger partial charge >= 0.3 is 16.9 Å². The highest BCUT2D eigenvalue weighted by Gasteiger charge is 2.21. The maximum Gasteiger partial charge on any atom is 0.367 e. The molecule has 0 aliphatic rings. The number of amides is 1. The molecule has 1 aromatic carbocycles. The van der Waals surface area contributed by atoms with E-state index in [0.717, 1.165) is 18.8 Å². The molecule has 0 aliphatic carbocycles. The van der Waals surface area contributed by atoms with Crippen LogP contribution in [-0.4, -0.2) is 47.2 Å². The Kier molecular flexibility index (Phi) is 8.28. The lowest BCUT2D eigenvalue weighted by molar-refractivity contribution is -0.140. The molecule has 1 atom stereocenters. The number of carbonyl (C=O) groups is 3. The molecule has 0 spiro atoms. The molecule has 0 fully saturated rings. The van der Waals surface area contributed by atoms with Crippen LogP contribution in [0, 0.1) is 0 Å². The zero-order valence-corrected chi connectivity index (χ0v) is 17.8. The van der Waals surface area contributed by atoms with Crippen molar-refractivity contribution in [2.24, 2.45) is 0 Å². The van der Waals surface area contributed by atoms with Gasteiger partial charge in [0.05, 0.1) is 0 Å². The Morgan fingerprint density at radius 3 is 2.53 bits per heavy atom. The Labute approximate surface area is 177 Å². The molecule has 30 heavy (non-hydrogen) atoms. The fraction of sp³-hybridized carbons (Fsp3) is 0.400. The van der Waals surface area contributed by atoms with Gasteiger partial charge in [0.15, 0.2) is 0 Å². The van der Waals surface area contributed by atoms with Gasteiger partial charge in [-0.2, -0.15) is 0 Å². The summed E-state index contributed by atoms with van der Waals surface area (Å²) in [4.78, 5) is 48.2. The normalized spacial score (nSPS) is 11.7. The lowest BCUT2D eigenvalue weighted by Crippen LogP contribution is -2.41. The van der Waals surface area contributed by atoms with Crippen LogP contribution >= 0.6 is 11.8 Å². The summed E-state index contributed by atoms with van der Waals surface area (Å²) >= 11 is 0.631. The fourth-order valence-electron chi connectivity index (χ4n) is 2.87. The van der Waals surface area contributed by atoms with Crippen LogP contribution in [0.3, 0.4) is 0 Å². The smallest absolute Gasteiger partial charge is 0.367 e. The number of hydrogen-bond donors (Lipinski definition) is 2. The van der Waals surface area contributed by atoms with E-state index in [4.69, 9.17) is 14.3 Å². The van der Waals surface area contributed by atoms with Gasteiger partial charge in [0.1, 0.15) is 18.2 Å². The number of aliphatic carboxylic acids is 1. The fourth-order valence-corrected chi connectivity index (χ4v) is 3.54. The second-order valence-corrected chi connectivity index (χ2v) is 7.34. The summed E-state index contributed by atoms with van der Waals surface area (Å²) < 4.78 is 10.5. The largest absolute Gasteiger partial charge is 0.480 e. The molecule has 0 aliphatic heterocycles. The van der Waals surface area contributed by atoms with E-state index in [-0.39, 0.29) is 12.4 Å². The number of rotatable bonds is 9. The van der Waals surface area contributed by atoms with Crippen molar-refractivity contribution in [3.63, 3.8) is 0 Å². The van der Waals surface area contributed by atoms with Crippen LogP contribution in [0.15, 0.2) is 33.5 Å². The quantitative estimate of drug-likeness (QED) is 0.450. The third-order valence-corrected chi connectivity index (χ3v) is 5.18.